The van der Waals surface area contributed by atoms with E-state index in [-0.39, 0.29) is 11.7 Å². The van der Waals surface area contributed by atoms with Crippen LogP contribution in [0.5, 0.6) is 0 Å². The molecule has 3 aromatic rings. The maximum atomic E-state index is 13.6. The average molecular weight is 452 g/mol. The minimum absolute atomic E-state index is 0.178. The lowest BCUT2D eigenvalue weighted by Crippen LogP contribution is -2.12. The number of aromatic nitrogens is 1. The van der Waals surface area contributed by atoms with Crippen LogP contribution in [0.4, 0.5) is 9.52 Å². The normalized spacial score (nSPS) is 10.6. The molecule has 0 fully saturated rings. The molecule has 0 saturated carbocycles. The fourth-order valence-electron chi connectivity index (χ4n) is 2.20. The van der Waals surface area contributed by atoms with Gasteiger partial charge in [-0.25, -0.2) is 9.37 Å². The van der Waals surface area contributed by atoms with Crippen molar-refractivity contribution in [2.24, 2.45) is 0 Å². The van der Waals surface area contributed by atoms with Gasteiger partial charge in [0.05, 0.1) is 5.56 Å². The topological polar surface area (TPSA) is 42.0 Å². The summed E-state index contributed by atoms with van der Waals surface area (Å²) >= 11 is 3.53. The van der Waals surface area contributed by atoms with Gasteiger partial charge in [0, 0.05) is 21.1 Å². The number of hydrogen-bond acceptors (Lipinski definition) is 3. The lowest BCUT2D eigenvalue weighted by Gasteiger charge is -2.03. The highest BCUT2D eigenvalue weighted by Crippen LogP contribution is 2.23. The van der Waals surface area contributed by atoms with Crippen LogP contribution in [0.3, 0.4) is 0 Å². The van der Waals surface area contributed by atoms with Gasteiger partial charge < -0.3 is 0 Å². The van der Waals surface area contributed by atoms with Gasteiger partial charge in [0.15, 0.2) is 5.13 Å². The van der Waals surface area contributed by atoms with Gasteiger partial charge in [-0.3, -0.25) is 10.1 Å². The van der Waals surface area contributed by atoms with E-state index in [9.17, 15) is 9.18 Å². The predicted molar refractivity (Wildman–Crippen MR) is 103 cm³/mol. The SMILES string of the molecule is Cc1ccc(Cc2cnc(NC(=O)c3ccccc3I)s2)cc1F. The summed E-state index contributed by atoms with van der Waals surface area (Å²) in [6.07, 6.45) is 2.31. The molecule has 0 spiro atoms. The first-order chi connectivity index (χ1) is 11.5. The van der Waals surface area contributed by atoms with Gasteiger partial charge in [-0.2, -0.15) is 0 Å². The van der Waals surface area contributed by atoms with E-state index in [1.54, 1.807) is 31.3 Å². The van der Waals surface area contributed by atoms with Crippen molar-refractivity contribution in [2.75, 3.05) is 5.32 Å². The monoisotopic (exact) mass is 452 g/mol. The van der Waals surface area contributed by atoms with Crippen LogP contribution in [0.2, 0.25) is 0 Å². The number of halogens is 2. The predicted octanol–water partition coefficient (Wildman–Crippen LogP) is 5.04. The zero-order valence-electron chi connectivity index (χ0n) is 12.8. The molecule has 0 unspecified atom stereocenters. The third kappa shape index (κ3) is 3.99. The maximum absolute atomic E-state index is 13.6. The summed E-state index contributed by atoms with van der Waals surface area (Å²) in [5.41, 5.74) is 2.14. The Morgan fingerprint density at radius 1 is 1.29 bits per heavy atom. The molecule has 2 aromatic carbocycles. The molecule has 0 saturated heterocycles. The van der Waals surface area contributed by atoms with Gasteiger partial charge in [0.25, 0.3) is 5.91 Å². The van der Waals surface area contributed by atoms with E-state index >= 15 is 0 Å². The number of carbonyl (C=O) groups excluding carboxylic acids is 1. The average Bonchev–Trinajstić information content (AvgIpc) is 2.98. The second-order valence-electron chi connectivity index (χ2n) is 5.33. The van der Waals surface area contributed by atoms with Crippen LogP contribution in [0, 0.1) is 16.3 Å². The maximum Gasteiger partial charge on any atom is 0.258 e. The van der Waals surface area contributed by atoms with E-state index in [0.717, 1.165) is 14.0 Å². The number of carbonyl (C=O) groups is 1. The Morgan fingerprint density at radius 3 is 2.83 bits per heavy atom. The van der Waals surface area contributed by atoms with Crippen molar-refractivity contribution in [3.05, 3.63) is 79.6 Å². The largest absolute Gasteiger partial charge is 0.298 e. The number of rotatable bonds is 4. The first kappa shape index (κ1) is 17.0. The van der Waals surface area contributed by atoms with Crippen molar-refractivity contribution >= 4 is 45.0 Å². The number of anilines is 1. The Morgan fingerprint density at radius 2 is 2.08 bits per heavy atom. The molecule has 24 heavy (non-hydrogen) atoms. The standard InChI is InChI=1S/C18H14FIN2OS/c1-11-6-7-12(9-15(11)19)8-13-10-21-18(24-13)22-17(23)14-4-2-3-5-16(14)20/h2-7,9-10H,8H2,1H3,(H,21,22,23). The van der Waals surface area contributed by atoms with Crippen molar-refractivity contribution < 1.29 is 9.18 Å². The van der Waals surface area contributed by atoms with Crippen LogP contribution in [-0.2, 0) is 6.42 Å². The molecule has 0 radical (unpaired) electrons. The summed E-state index contributed by atoms with van der Waals surface area (Å²) < 4.78 is 14.5. The lowest BCUT2D eigenvalue weighted by atomic mass is 10.1. The molecular weight excluding hydrogens is 438 g/mol. The van der Waals surface area contributed by atoms with E-state index < -0.39 is 0 Å². The molecule has 0 aliphatic rings. The molecule has 122 valence electrons. The third-order valence-corrected chi connectivity index (χ3v) is 5.36. The van der Waals surface area contributed by atoms with Gasteiger partial charge in [0.2, 0.25) is 0 Å². The van der Waals surface area contributed by atoms with Gasteiger partial charge in [-0.15, -0.1) is 11.3 Å². The molecule has 1 N–H and O–H groups in total. The molecule has 3 nitrogen and oxygen atoms in total. The van der Waals surface area contributed by atoms with E-state index in [1.165, 1.54) is 11.3 Å². The molecule has 6 heteroatoms. The highest BCUT2D eigenvalue weighted by molar-refractivity contribution is 14.1. The summed E-state index contributed by atoms with van der Waals surface area (Å²) in [5.74, 6) is -0.383. The highest BCUT2D eigenvalue weighted by Gasteiger charge is 2.12. The fraction of sp³-hybridized carbons (Fsp3) is 0.111. The Bertz CT molecular complexity index is 894. The number of nitrogens with one attached hydrogen (secondary N) is 1. The fourth-order valence-corrected chi connectivity index (χ4v) is 3.68. The number of amides is 1. The number of thiazole rings is 1. The molecule has 0 aliphatic carbocycles. The van der Waals surface area contributed by atoms with E-state index in [0.29, 0.717) is 22.7 Å². The number of nitrogens with zero attached hydrogens (tertiary/aromatic N) is 1. The Hall–Kier alpha value is -1.80. The molecule has 0 atom stereocenters. The molecule has 3 rings (SSSR count). The minimum Gasteiger partial charge on any atom is -0.298 e. The summed E-state index contributed by atoms with van der Waals surface area (Å²) in [6, 6.07) is 12.6. The van der Waals surface area contributed by atoms with Crippen molar-refractivity contribution in [3.63, 3.8) is 0 Å². The molecule has 1 aromatic heterocycles. The minimum atomic E-state index is -0.204. The second-order valence-corrected chi connectivity index (χ2v) is 7.60. The number of benzene rings is 2. The summed E-state index contributed by atoms with van der Waals surface area (Å²) in [7, 11) is 0. The van der Waals surface area contributed by atoms with Crippen molar-refractivity contribution in [1.29, 1.82) is 0 Å². The molecule has 0 bridgehead atoms. The van der Waals surface area contributed by atoms with Gasteiger partial charge in [-0.05, 0) is 58.8 Å². The Labute approximate surface area is 157 Å². The van der Waals surface area contributed by atoms with Crippen LogP contribution in [0.25, 0.3) is 0 Å². The third-order valence-electron chi connectivity index (χ3n) is 3.51. The van der Waals surface area contributed by atoms with Gasteiger partial charge in [0.1, 0.15) is 5.82 Å². The molecule has 1 amide bonds. The van der Waals surface area contributed by atoms with Crippen molar-refractivity contribution in [1.82, 2.24) is 4.98 Å². The summed E-state index contributed by atoms with van der Waals surface area (Å²) in [4.78, 5) is 17.5. The Balaban J connectivity index is 1.70. The number of aryl methyl sites for hydroxylation is 1. The lowest BCUT2D eigenvalue weighted by molar-refractivity contribution is 0.102. The quantitative estimate of drug-likeness (QED) is 0.564. The smallest absolute Gasteiger partial charge is 0.258 e. The molecule has 1 heterocycles. The van der Waals surface area contributed by atoms with Crippen LogP contribution in [0.15, 0.2) is 48.7 Å². The van der Waals surface area contributed by atoms with E-state index in [2.05, 4.69) is 32.9 Å². The zero-order valence-corrected chi connectivity index (χ0v) is 15.8. The van der Waals surface area contributed by atoms with Crippen molar-refractivity contribution in [3.8, 4) is 0 Å². The van der Waals surface area contributed by atoms with Crippen LogP contribution >= 0.6 is 33.9 Å². The second kappa shape index (κ2) is 7.40. The first-order valence-electron chi connectivity index (χ1n) is 7.28. The number of hydrogen-bond donors (Lipinski definition) is 1. The Kier molecular flexibility index (Phi) is 5.25. The highest BCUT2D eigenvalue weighted by atomic mass is 127. The van der Waals surface area contributed by atoms with Crippen LogP contribution in [0.1, 0.15) is 26.4 Å². The van der Waals surface area contributed by atoms with Crippen molar-refractivity contribution in [2.45, 2.75) is 13.3 Å². The van der Waals surface area contributed by atoms with Gasteiger partial charge in [-0.1, -0.05) is 24.3 Å². The molecular formula is C18H14FIN2OS. The van der Waals surface area contributed by atoms with Crippen LogP contribution < -0.4 is 5.32 Å². The molecule has 0 aliphatic heterocycles. The summed E-state index contributed by atoms with van der Waals surface area (Å²) in [6.45, 7) is 1.74. The van der Waals surface area contributed by atoms with E-state index in [4.69, 9.17) is 0 Å². The first-order valence-corrected chi connectivity index (χ1v) is 9.18. The zero-order chi connectivity index (χ0) is 17.1. The van der Waals surface area contributed by atoms with E-state index in [1.807, 2.05) is 24.3 Å². The summed E-state index contributed by atoms with van der Waals surface area (Å²) in [5, 5.41) is 3.36. The van der Waals surface area contributed by atoms with Gasteiger partial charge >= 0.3 is 0 Å². The van der Waals surface area contributed by atoms with Crippen LogP contribution in [-0.4, -0.2) is 10.9 Å².